The Labute approximate surface area is 206 Å². The molecule has 2 aromatic heterocycles. The fourth-order valence-electron chi connectivity index (χ4n) is 5.62. The second kappa shape index (κ2) is 9.21. The van der Waals surface area contributed by atoms with Gasteiger partial charge in [0, 0.05) is 31.7 Å². The summed E-state index contributed by atoms with van der Waals surface area (Å²) in [5.74, 6) is 0.987. The van der Waals surface area contributed by atoms with Crippen LogP contribution in [0.5, 0.6) is 0 Å². The second-order valence-corrected chi connectivity index (χ2v) is 11.6. The van der Waals surface area contributed by atoms with Gasteiger partial charge in [0.2, 0.25) is 10.0 Å². The topological polar surface area (TPSA) is 68.1 Å². The van der Waals surface area contributed by atoms with Crippen LogP contribution in [-0.4, -0.2) is 40.3 Å². The molecule has 3 heterocycles. The highest BCUT2D eigenvalue weighted by Crippen LogP contribution is 2.32. The number of hydrogen-bond donors (Lipinski definition) is 0. The molecule has 0 unspecified atom stereocenters. The van der Waals surface area contributed by atoms with Crippen LogP contribution in [0.1, 0.15) is 54.2 Å². The molecule has 2 aromatic carbocycles. The maximum absolute atomic E-state index is 13.5. The Bertz CT molecular complexity index is 1460. The first-order valence-electron chi connectivity index (χ1n) is 12.6. The first-order valence-corrected chi connectivity index (χ1v) is 14.0. The van der Waals surface area contributed by atoms with E-state index < -0.39 is 10.0 Å². The molecule has 0 bridgehead atoms. The Balaban J connectivity index is 1.25. The van der Waals surface area contributed by atoms with E-state index in [9.17, 15) is 8.42 Å². The van der Waals surface area contributed by atoms with Crippen LogP contribution in [0.15, 0.2) is 71.8 Å². The van der Waals surface area contributed by atoms with E-state index in [0.29, 0.717) is 18.0 Å². The first-order chi connectivity index (χ1) is 17.1. The number of nitrogens with zero attached hydrogens (tertiary/aromatic N) is 4. The van der Waals surface area contributed by atoms with Gasteiger partial charge in [0.1, 0.15) is 11.3 Å². The van der Waals surface area contributed by atoms with Gasteiger partial charge in [-0.15, -0.1) is 0 Å². The van der Waals surface area contributed by atoms with Crippen molar-refractivity contribution in [2.75, 3.05) is 13.1 Å². The quantitative estimate of drug-likeness (QED) is 0.401. The molecule has 4 aromatic rings. The number of imidazole rings is 1. The Morgan fingerprint density at radius 3 is 2.46 bits per heavy atom. The third-order valence-electron chi connectivity index (χ3n) is 7.47. The summed E-state index contributed by atoms with van der Waals surface area (Å²) in [7, 11) is -3.50. The number of fused-ring (bicyclic) bond motifs is 2. The molecule has 0 N–H and O–H groups in total. The summed E-state index contributed by atoms with van der Waals surface area (Å²) in [6.45, 7) is 1.00. The molecule has 1 fully saturated rings. The van der Waals surface area contributed by atoms with Gasteiger partial charge < -0.3 is 4.57 Å². The lowest BCUT2D eigenvalue weighted by Gasteiger charge is -2.33. The van der Waals surface area contributed by atoms with Crippen LogP contribution in [0, 0.1) is 0 Å². The maximum atomic E-state index is 13.5. The summed E-state index contributed by atoms with van der Waals surface area (Å²) < 4.78 is 30.9. The Kier molecular flexibility index (Phi) is 5.90. The average Bonchev–Trinajstić information content (AvgIpc) is 3.26. The van der Waals surface area contributed by atoms with Gasteiger partial charge in [0.15, 0.2) is 5.65 Å². The van der Waals surface area contributed by atoms with Crippen molar-refractivity contribution >= 4 is 21.2 Å². The molecule has 6 nitrogen and oxygen atoms in total. The largest absolute Gasteiger partial charge is 0.309 e. The van der Waals surface area contributed by atoms with Crippen molar-refractivity contribution in [1.82, 2.24) is 18.8 Å². The van der Waals surface area contributed by atoms with Gasteiger partial charge in [0.05, 0.1) is 4.90 Å². The minimum absolute atomic E-state index is 0.170. The molecule has 2 aliphatic rings. The normalized spacial score (nSPS) is 17.5. The molecule has 1 saturated heterocycles. The molecule has 0 spiro atoms. The van der Waals surface area contributed by atoms with Crippen molar-refractivity contribution in [2.45, 2.75) is 55.9 Å². The third-order valence-corrected chi connectivity index (χ3v) is 9.37. The minimum atomic E-state index is -3.50. The molecule has 1 aliphatic heterocycles. The Morgan fingerprint density at radius 1 is 0.886 bits per heavy atom. The van der Waals surface area contributed by atoms with Crippen LogP contribution < -0.4 is 0 Å². The molecule has 0 radical (unpaired) electrons. The second-order valence-electron chi connectivity index (χ2n) is 9.68. The number of pyridine rings is 1. The molecule has 0 saturated carbocycles. The summed E-state index contributed by atoms with van der Waals surface area (Å²) in [4.78, 5) is 9.99. The van der Waals surface area contributed by atoms with Crippen molar-refractivity contribution in [2.24, 2.45) is 0 Å². The van der Waals surface area contributed by atoms with Crippen molar-refractivity contribution in [1.29, 1.82) is 0 Å². The summed E-state index contributed by atoms with van der Waals surface area (Å²) >= 11 is 0. The molecule has 1 aliphatic carbocycles. The summed E-state index contributed by atoms with van der Waals surface area (Å²) in [6.07, 6.45) is 8.39. The number of aromatic nitrogens is 3. The van der Waals surface area contributed by atoms with Gasteiger partial charge in [-0.25, -0.2) is 18.4 Å². The summed E-state index contributed by atoms with van der Waals surface area (Å²) in [6, 6.07) is 20.2. The Morgan fingerprint density at radius 2 is 1.66 bits per heavy atom. The number of piperidine rings is 1. The smallest absolute Gasteiger partial charge is 0.243 e. The molecule has 0 amide bonds. The van der Waals surface area contributed by atoms with E-state index in [0.717, 1.165) is 55.5 Å². The predicted molar refractivity (Wildman–Crippen MR) is 137 cm³/mol. The number of rotatable bonds is 5. The van der Waals surface area contributed by atoms with Gasteiger partial charge in [-0.05, 0) is 79.5 Å². The monoisotopic (exact) mass is 486 g/mol. The SMILES string of the molecule is O=S(=O)(c1ccc2c(c1)CCCC2)N1CCC(n2c(Cc3ccccc3)nc3cccnc32)CC1. The standard InChI is InChI=1S/C28H30N4O2S/c33-35(34,25-13-12-22-9-4-5-10-23(22)20-25)31-17-14-24(15-18-31)32-27(19-21-7-2-1-3-8-21)30-26-11-6-16-29-28(26)32/h1-3,6-8,11-13,16,20,24H,4-5,9-10,14-15,17-19H2. The van der Waals surface area contributed by atoms with Crippen molar-refractivity contribution < 1.29 is 8.42 Å². The van der Waals surface area contributed by atoms with Crippen LogP contribution >= 0.6 is 0 Å². The predicted octanol–water partition coefficient (Wildman–Crippen LogP) is 4.93. The van der Waals surface area contributed by atoms with Crippen molar-refractivity contribution in [3.05, 3.63) is 89.4 Å². The van der Waals surface area contributed by atoms with Gasteiger partial charge >= 0.3 is 0 Å². The lowest BCUT2D eigenvalue weighted by atomic mass is 9.92. The zero-order valence-electron chi connectivity index (χ0n) is 19.8. The van der Waals surface area contributed by atoms with E-state index in [1.54, 1.807) is 10.4 Å². The molecular formula is C28H30N4O2S. The van der Waals surface area contributed by atoms with Gasteiger partial charge in [0.25, 0.3) is 0 Å². The zero-order chi connectivity index (χ0) is 23.8. The van der Waals surface area contributed by atoms with E-state index in [4.69, 9.17) is 4.98 Å². The van der Waals surface area contributed by atoms with Gasteiger partial charge in [-0.1, -0.05) is 36.4 Å². The van der Waals surface area contributed by atoms with E-state index in [-0.39, 0.29) is 6.04 Å². The van der Waals surface area contributed by atoms with Crippen LogP contribution in [-0.2, 0) is 29.3 Å². The van der Waals surface area contributed by atoms with Crippen LogP contribution in [0.4, 0.5) is 0 Å². The molecule has 35 heavy (non-hydrogen) atoms. The number of hydrogen-bond acceptors (Lipinski definition) is 4. The van der Waals surface area contributed by atoms with Crippen molar-refractivity contribution in [3.8, 4) is 0 Å². The third kappa shape index (κ3) is 4.28. The number of aryl methyl sites for hydroxylation is 2. The number of benzene rings is 2. The zero-order valence-corrected chi connectivity index (χ0v) is 20.6. The molecule has 0 atom stereocenters. The van der Waals surface area contributed by atoms with Gasteiger partial charge in [-0.2, -0.15) is 4.31 Å². The molecule has 180 valence electrons. The fourth-order valence-corrected chi connectivity index (χ4v) is 7.14. The molecule has 6 rings (SSSR count). The average molecular weight is 487 g/mol. The molecule has 7 heteroatoms. The highest BCUT2D eigenvalue weighted by atomic mass is 32.2. The Hall–Kier alpha value is -3.03. The van der Waals surface area contributed by atoms with E-state index in [2.05, 4.69) is 21.7 Å². The minimum Gasteiger partial charge on any atom is -0.309 e. The highest BCUT2D eigenvalue weighted by molar-refractivity contribution is 7.89. The molecular weight excluding hydrogens is 456 g/mol. The first kappa shape index (κ1) is 22.4. The lowest BCUT2D eigenvalue weighted by Crippen LogP contribution is -2.39. The van der Waals surface area contributed by atoms with Crippen LogP contribution in [0.3, 0.4) is 0 Å². The van der Waals surface area contributed by atoms with Crippen LogP contribution in [0.2, 0.25) is 0 Å². The van der Waals surface area contributed by atoms with Gasteiger partial charge in [-0.3, -0.25) is 0 Å². The fraction of sp³-hybridized carbons (Fsp3) is 0.357. The number of sulfonamides is 1. The summed E-state index contributed by atoms with van der Waals surface area (Å²) in [5.41, 5.74) is 5.49. The van der Waals surface area contributed by atoms with Crippen LogP contribution in [0.25, 0.3) is 11.2 Å². The summed E-state index contributed by atoms with van der Waals surface area (Å²) in [5, 5.41) is 0. The van der Waals surface area contributed by atoms with E-state index >= 15 is 0 Å². The van der Waals surface area contributed by atoms with E-state index in [1.165, 1.54) is 23.1 Å². The highest BCUT2D eigenvalue weighted by Gasteiger charge is 2.32. The van der Waals surface area contributed by atoms with E-state index in [1.807, 2.05) is 48.7 Å². The maximum Gasteiger partial charge on any atom is 0.243 e. The lowest BCUT2D eigenvalue weighted by molar-refractivity contribution is 0.274. The van der Waals surface area contributed by atoms with Crippen molar-refractivity contribution in [3.63, 3.8) is 0 Å².